The standard InChI is InChI=1S/C21H21N7O/c1-13-12-29-10-9-28(13)18-11-16(15-3-2-6-24-21(15)22)14-4-7-23-20(19(14)26-18)17-5-8-25-27-17/h2-8,11,13H,9-10,12H2,1H3,(H2,22,24)(H,25,27). The molecule has 146 valence electrons. The number of aromatic amines is 1. The van der Waals surface area contributed by atoms with Gasteiger partial charge in [0, 0.05) is 36.1 Å². The van der Waals surface area contributed by atoms with Crippen molar-refractivity contribution in [2.45, 2.75) is 13.0 Å². The van der Waals surface area contributed by atoms with Gasteiger partial charge in [0.25, 0.3) is 0 Å². The number of nitrogens with two attached hydrogens (primary N) is 1. The Labute approximate surface area is 167 Å². The fraction of sp³-hybridized carbons (Fsp3) is 0.238. The molecular weight excluding hydrogens is 366 g/mol. The topological polar surface area (TPSA) is 106 Å². The van der Waals surface area contributed by atoms with Gasteiger partial charge in [0.1, 0.15) is 22.8 Å². The van der Waals surface area contributed by atoms with Crippen molar-refractivity contribution < 1.29 is 4.74 Å². The summed E-state index contributed by atoms with van der Waals surface area (Å²) in [5.41, 5.74) is 10.5. The van der Waals surface area contributed by atoms with Gasteiger partial charge in [-0.25, -0.2) is 9.97 Å². The van der Waals surface area contributed by atoms with E-state index in [2.05, 4.69) is 38.1 Å². The average molecular weight is 387 g/mol. The Hall–Kier alpha value is -3.52. The Balaban J connectivity index is 1.80. The molecule has 0 amide bonds. The van der Waals surface area contributed by atoms with Gasteiger partial charge in [-0.15, -0.1) is 0 Å². The maximum atomic E-state index is 6.24. The van der Waals surface area contributed by atoms with Crippen LogP contribution in [0.4, 0.5) is 11.6 Å². The lowest BCUT2D eigenvalue weighted by Gasteiger charge is -2.34. The first-order chi connectivity index (χ1) is 14.2. The highest BCUT2D eigenvalue weighted by atomic mass is 16.5. The van der Waals surface area contributed by atoms with E-state index < -0.39 is 0 Å². The summed E-state index contributed by atoms with van der Waals surface area (Å²) in [7, 11) is 0. The smallest absolute Gasteiger partial charge is 0.131 e. The summed E-state index contributed by atoms with van der Waals surface area (Å²) >= 11 is 0. The average Bonchev–Trinajstić information content (AvgIpc) is 3.28. The normalized spacial score (nSPS) is 17.0. The summed E-state index contributed by atoms with van der Waals surface area (Å²) in [5, 5.41) is 8.04. The van der Waals surface area contributed by atoms with E-state index >= 15 is 0 Å². The molecule has 1 unspecified atom stereocenters. The van der Waals surface area contributed by atoms with Crippen LogP contribution in [0.5, 0.6) is 0 Å². The Morgan fingerprint density at radius 2 is 2.07 bits per heavy atom. The third-order valence-corrected chi connectivity index (χ3v) is 5.26. The highest BCUT2D eigenvalue weighted by Crippen LogP contribution is 2.37. The summed E-state index contributed by atoms with van der Waals surface area (Å²) in [6.45, 7) is 4.27. The van der Waals surface area contributed by atoms with Crippen molar-refractivity contribution in [1.82, 2.24) is 25.1 Å². The predicted molar refractivity (Wildman–Crippen MR) is 112 cm³/mol. The minimum absolute atomic E-state index is 0.222. The zero-order chi connectivity index (χ0) is 19.8. The van der Waals surface area contributed by atoms with Crippen LogP contribution in [-0.2, 0) is 4.74 Å². The van der Waals surface area contributed by atoms with Gasteiger partial charge in [0.2, 0.25) is 0 Å². The van der Waals surface area contributed by atoms with Gasteiger partial charge in [-0.05, 0) is 42.8 Å². The maximum Gasteiger partial charge on any atom is 0.131 e. The van der Waals surface area contributed by atoms with Crippen molar-refractivity contribution in [3.05, 3.63) is 48.9 Å². The van der Waals surface area contributed by atoms with Crippen molar-refractivity contribution in [2.75, 3.05) is 30.4 Å². The van der Waals surface area contributed by atoms with Gasteiger partial charge in [-0.3, -0.25) is 10.1 Å². The number of nitrogens with one attached hydrogen (secondary N) is 1. The molecule has 1 fully saturated rings. The molecule has 1 saturated heterocycles. The molecule has 8 heteroatoms. The number of aromatic nitrogens is 5. The van der Waals surface area contributed by atoms with Crippen molar-refractivity contribution in [3.8, 4) is 22.5 Å². The molecule has 5 heterocycles. The molecule has 0 aromatic carbocycles. The molecule has 8 nitrogen and oxygen atoms in total. The minimum Gasteiger partial charge on any atom is -0.383 e. The van der Waals surface area contributed by atoms with E-state index in [9.17, 15) is 0 Å². The fourth-order valence-electron chi connectivity index (χ4n) is 3.81. The van der Waals surface area contributed by atoms with E-state index in [1.54, 1.807) is 18.6 Å². The van der Waals surface area contributed by atoms with Gasteiger partial charge < -0.3 is 15.4 Å². The van der Waals surface area contributed by atoms with E-state index in [0.29, 0.717) is 19.0 Å². The van der Waals surface area contributed by atoms with Crippen molar-refractivity contribution in [3.63, 3.8) is 0 Å². The molecule has 0 bridgehead atoms. The third-order valence-electron chi connectivity index (χ3n) is 5.26. The maximum absolute atomic E-state index is 6.24. The van der Waals surface area contributed by atoms with Gasteiger partial charge >= 0.3 is 0 Å². The molecule has 3 N–H and O–H groups in total. The van der Waals surface area contributed by atoms with Crippen molar-refractivity contribution in [1.29, 1.82) is 0 Å². The van der Waals surface area contributed by atoms with Gasteiger partial charge in [-0.2, -0.15) is 5.10 Å². The summed E-state index contributed by atoms with van der Waals surface area (Å²) in [4.78, 5) is 16.2. The second-order valence-corrected chi connectivity index (χ2v) is 7.11. The van der Waals surface area contributed by atoms with E-state index in [-0.39, 0.29) is 6.04 Å². The SMILES string of the molecule is CC1COCCN1c1cc(-c2cccnc2N)c2ccnc(-c3ccn[nH]3)c2n1. The third kappa shape index (κ3) is 3.07. The number of rotatable bonds is 3. The van der Waals surface area contributed by atoms with E-state index in [1.165, 1.54) is 0 Å². The molecule has 0 aliphatic carbocycles. The summed E-state index contributed by atoms with van der Waals surface area (Å²) in [5.74, 6) is 1.36. The first-order valence-corrected chi connectivity index (χ1v) is 9.57. The predicted octanol–water partition coefficient (Wildman–Crippen LogP) is 2.89. The number of pyridine rings is 3. The molecule has 0 spiro atoms. The van der Waals surface area contributed by atoms with Crippen LogP contribution in [-0.4, -0.2) is 50.9 Å². The number of H-pyrrole nitrogens is 1. The zero-order valence-electron chi connectivity index (χ0n) is 16.0. The largest absolute Gasteiger partial charge is 0.383 e. The minimum atomic E-state index is 0.222. The van der Waals surface area contributed by atoms with Crippen molar-refractivity contribution >= 4 is 22.5 Å². The number of hydrogen-bond acceptors (Lipinski definition) is 7. The van der Waals surface area contributed by atoms with Crippen LogP contribution in [0.3, 0.4) is 0 Å². The second-order valence-electron chi connectivity index (χ2n) is 7.11. The molecule has 4 aromatic heterocycles. The molecule has 1 aliphatic heterocycles. The quantitative estimate of drug-likeness (QED) is 0.557. The Morgan fingerprint density at radius 3 is 2.86 bits per heavy atom. The molecule has 1 atom stereocenters. The molecule has 1 aliphatic rings. The fourth-order valence-corrected chi connectivity index (χ4v) is 3.81. The van der Waals surface area contributed by atoms with E-state index in [0.717, 1.165) is 45.8 Å². The Bertz CT molecular complexity index is 1160. The number of fused-ring (bicyclic) bond motifs is 1. The lowest BCUT2D eigenvalue weighted by atomic mass is 10.0. The van der Waals surface area contributed by atoms with Gasteiger partial charge in [0.15, 0.2) is 0 Å². The van der Waals surface area contributed by atoms with Crippen LogP contribution in [0, 0.1) is 0 Å². The van der Waals surface area contributed by atoms with Crippen LogP contribution in [0.25, 0.3) is 33.4 Å². The zero-order valence-corrected chi connectivity index (χ0v) is 16.0. The number of ether oxygens (including phenoxy) is 1. The van der Waals surface area contributed by atoms with Gasteiger partial charge in [0.05, 0.1) is 24.9 Å². The lowest BCUT2D eigenvalue weighted by Crippen LogP contribution is -2.44. The molecule has 0 radical (unpaired) electrons. The number of nitrogen functional groups attached to an aromatic ring is 1. The van der Waals surface area contributed by atoms with Crippen molar-refractivity contribution in [2.24, 2.45) is 0 Å². The number of anilines is 2. The Kier molecular flexibility index (Phi) is 4.33. The van der Waals surface area contributed by atoms with Crippen LogP contribution < -0.4 is 10.6 Å². The first kappa shape index (κ1) is 17.6. The highest BCUT2D eigenvalue weighted by molar-refractivity contribution is 6.03. The van der Waals surface area contributed by atoms with Gasteiger partial charge in [-0.1, -0.05) is 0 Å². The molecular formula is C21H21N7O. The highest BCUT2D eigenvalue weighted by Gasteiger charge is 2.23. The lowest BCUT2D eigenvalue weighted by molar-refractivity contribution is 0.0986. The molecule has 5 rings (SSSR count). The molecule has 0 saturated carbocycles. The number of nitrogens with zero attached hydrogens (tertiary/aromatic N) is 5. The van der Waals surface area contributed by atoms with Crippen LogP contribution in [0.15, 0.2) is 48.9 Å². The monoisotopic (exact) mass is 387 g/mol. The summed E-state index contributed by atoms with van der Waals surface area (Å²) in [6, 6.07) is 10.1. The summed E-state index contributed by atoms with van der Waals surface area (Å²) < 4.78 is 5.61. The van der Waals surface area contributed by atoms with Crippen LogP contribution in [0.1, 0.15) is 6.92 Å². The number of hydrogen-bond donors (Lipinski definition) is 2. The first-order valence-electron chi connectivity index (χ1n) is 9.57. The number of morpholine rings is 1. The molecule has 29 heavy (non-hydrogen) atoms. The van der Waals surface area contributed by atoms with Crippen LogP contribution in [0.2, 0.25) is 0 Å². The van der Waals surface area contributed by atoms with E-state index in [4.69, 9.17) is 15.5 Å². The van der Waals surface area contributed by atoms with Crippen LogP contribution >= 0.6 is 0 Å². The Morgan fingerprint density at radius 1 is 1.14 bits per heavy atom. The molecule has 4 aromatic rings. The van der Waals surface area contributed by atoms with E-state index in [1.807, 2.05) is 24.3 Å². The second kappa shape index (κ2) is 7.14. The summed E-state index contributed by atoms with van der Waals surface area (Å²) in [6.07, 6.45) is 5.20.